The highest BCUT2D eigenvalue weighted by molar-refractivity contribution is 5.79. The molecule has 1 saturated heterocycles. The van der Waals surface area contributed by atoms with Gasteiger partial charge in [0.1, 0.15) is 0 Å². The van der Waals surface area contributed by atoms with Crippen molar-refractivity contribution in [3.63, 3.8) is 0 Å². The minimum Gasteiger partial charge on any atom is -0.481 e. The standard InChI is InChI=1S/C14H15F2NO3/c15-11-3-1-2-10(14(11)16)7-12(18)17-5-4-9(8-17)6-13(19)20/h1-3,9H,4-8H2,(H,19,20). The first-order valence-electron chi connectivity index (χ1n) is 6.40. The third-order valence-corrected chi connectivity index (χ3v) is 3.48. The van der Waals surface area contributed by atoms with Gasteiger partial charge in [-0.1, -0.05) is 12.1 Å². The summed E-state index contributed by atoms with van der Waals surface area (Å²) in [4.78, 5) is 24.1. The normalized spacial score (nSPS) is 18.3. The molecule has 6 heteroatoms. The Bertz CT molecular complexity index is 533. The number of carbonyl (C=O) groups is 2. The number of hydrogen-bond acceptors (Lipinski definition) is 2. The number of carboxylic acids is 1. The number of benzene rings is 1. The van der Waals surface area contributed by atoms with Gasteiger partial charge < -0.3 is 10.0 Å². The number of rotatable bonds is 4. The van der Waals surface area contributed by atoms with Crippen molar-refractivity contribution in [3.05, 3.63) is 35.4 Å². The Morgan fingerprint density at radius 1 is 1.35 bits per heavy atom. The molecule has 1 heterocycles. The Morgan fingerprint density at radius 3 is 2.80 bits per heavy atom. The second-order valence-corrected chi connectivity index (χ2v) is 4.98. The van der Waals surface area contributed by atoms with Crippen molar-refractivity contribution in [1.82, 2.24) is 4.90 Å². The van der Waals surface area contributed by atoms with Crippen LogP contribution in [-0.4, -0.2) is 35.0 Å². The summed E-state index contributed by atoms with van der Waals surface area (Å²) in [5.74, 6) is -3.22. The highest BCUT2D eigenvalue weighted by Gasteiger charge is 2.28. The van der Waals surface area contributed by atoms with Crippen LogP contribution >= 0.6 is 0 Å². The second-order valence-electron chi connectivity index (χ2n) is 4.98. The maximum Gasteiger partial charge on any atom is 0.303 e. The fraction of sp³-hybridized carbons (Fsp3) is 0.429. The lowest BCUT2D eigenvalue weighted by molar-refractivity contribution is -0.138. The Kier molecular flexibility index (Phi) is 4.32. The minimum absolute atomic E-state index is 0.0247. The van der Waals surface area contributed by atoms with E-state index >= 15 is 0 Å². The number of likely N-dealkylation sites (tertiary alicyclic amines) is 1. The van der Waals surface area contributed by atoms with Gasteiger partial charge in [-0.25, -0.2) is 8.78 Å². The van der Waals surface area contributed by atoms with Gasteiger partial charge in [0.15, 0.2) is 11.6 Å². The zero-order chi connectivity index (χ0) is 14.7. The minimum atomic E-state index is -0.998. The smallest absolute Gasteiger partial charge is 0.303 e. The van der Waals surface area contributed by atoms with Crippen LogP contribution in [-0.2, 0) is 16.0 Å². The molecule has 0 saturated carbocycles. The lowest BCUT2D eigenvalue weighted by Crippen LogP contribution is -2.30. The SMILES string of the molecule is O=C(O)CC1CCN(C(=O)Cc2cccc(F)c2F)C1. The van der Waals surface area contributed by atoms with E-state index in [0.717, 1.165) is 6.07 Å². The van der Waals surface area contributed by atoms with Gasteiger partial charge >= 0.3 is 5.97 Å². The van der Waals surface area contributed by atoms with Crippen LogP contribution < -0.4 is 0 Å². The Hall–Kier alpha value is -1.98. The molecular weight excluding hydrogens is 268 g/mol. The maximum absolute atomic E-state index is 13.5. The zero-order valence-corrected chi connectivity index (χ0v) is 10.8. The maximum atomic E-state index is 13.5. The van der Waals surface area contributed by atoms with Gasteiger partial charge in [0, 0.05) is 25.1 Å². The summed E-state index contributed by atoms with van der Waals surface area (Å²) in [6.07, 6.45) is 0.450. The summed E-state index contributed by atoms with van der Waals surface area (Å²) < 4.78 is 26.5. The van der Waals surface area contributed by atoms with Crippen molar-refractivity contribution < 1.29 is 23.5 Å². The van der Waals surface area contributed by atoms with Crippen molar-refractivity contribution in [2.24, 2.45) is 5.92 Å². The molecule has 1 N–H and O–H groups in total. The summed E-state index contributed by atoms with van der Waals surface area (Å²) in [5, 5.41) is 8.71. The van der Waals surface area contributed by atoms with Gasteiger partial charge in [0.25, 0.3) is 0 Å². The highest BCUT2D eigenvalue weighted by atomic mass is 19.2. The molecule has 1 atom stereocenters. The van der Waals surface area contributed by atoms with Crippen molar-refractivity contribution in [2.45, 2.75) is 19.3 Å². The average molecular weight is 283 g/mol. The first kappa shape index (κ1) is 14.4. The fourth-order valence-corrected chi connectivity index (χ4v) is 2.43. The number of aliphatic carboxylic acids is 1. The largest absolute Gasteiger partial charge is 0.481 e. The van der Waals surface area contributed by atoms with Crippen LogP contribution in [0.2, 0.25) is 0 Å². The van der Waals surface area contributed by atoms with Crippen LogP contribution in [0.15, 0.2) is 18.2 Å². The summed E-state index contributed by atoms with van der Waals surface area (Å²) in [5.41, 5.74) is 0.0247. The molecule has 0 aliphatic carbocycles. The van der Waals surface area contributed by atoms with Gasteiger partial charge in [0.2, 0.25) is 5.91 Å². The van der Waals surface area contributed by atoms with Crippen molar-refractivity contribution in [3.8, 4) is 0 Å². The molecule has 0 aromatic heterocycles. The molecule has 20 heavy (non-hydrogen) atoms. The molecule has 0 bridgehead atoms. The molecule has 0 spiro atoms. The average Bonchev–Trinajstić information content (AvgIpc) is 2.82. The molecule has 2 rings (SSSR count). The lowest BCUT2D eigenvalue weighted by Gasteiger charge is -2.16. The molecule has 1 aromatic rings. The number of halogens is 2. The monoisotopic (exact) mass is 283 g/mol. The molecule has 1 aromatic carbocycles. The fourth-order valence-electron chi connectivity index (χ4n) is 2.43. The van der Waals surface area contributed by atoms with Gasteiger partial charge in [-0.2, -0.15) is 0 Å². The zero-order valence-electron chi connectivity index (χ0n) is 10.8. The van der Waals surface area contributed by atoms with Crippen LogP contribution in [0.3, 0.4) is 0 Å². The first-order valence-corrected chi connectivity index (χ1v) is 6.40. The number of carbonyl (C=O) groups excluding carboxylic acids is 1. The molecule has 1 amide bonds. The van der Waals surface area contributed by atoms with Crippen LogP contribution in [0.4, 0.5) is 8.78 Å². The lowest BCUT2D eigenvalue weighted by atomic mass is 10.1. The van der Waals surface area contributed by atoms with E-state index in [1.54, 1.807) is 0 Å². The van der Waals surface area contributed by atoms with E-state index in [0.29, 0.717) is 19.5 Å². The molecule has 1 fully saturated rings. The second kappa shape index (κ2) is 5.98. The van der Waals surface area contributed by atoms with Gasteiger partial charge in [-0.15, -0.1) is 0 Å². The van der Waals surface area contributed by atoms with E-state index < -0.39 is 17.6 Å². The van der Waals surface area contributed by atoms with E-state index in [9.17, 15) is 18.4 Å². The predicted molar refractivity (Wildman–Crippen MR) is 67.0 cm³/mol. The Labute approximate surface area is 115 Å². The number of nitrogens with zero attached hydrogens (tertiary/aromatic N) is 1. The number of amides is 1. The molecule has 108 valence electrons. The van der Waals surface area contributed by atoms with Crippen molar-refractivity contribution in [2.75, 3.05) is 13.1 Å². The highest BCUT2D eigenvalue weighted by Crippen LogP contribution is 2.21. The summed E-state index contributed by atoms with van der Waals surface area (Å²) in [6.45, 7) is 0.829. The molecule has 0 radical (unpaired) electrons. The van der Waals surface area contributed by atoms with E-state index in [-0.39, 0.29) is 30.2 Å². The van der Waals surface area contributed by atoms with Crippen molar-refractivity contribution >= 4 is 11.9 Å². The molecular formula is C14H15F2NO3. The van der Waals surface area contributed by atoms with Crippen LogP contribution in [0.1, 0.15) is 18.4 Å². The quantitative estimate of drug-likeness (QED) is 0.917. The number of carboxylic acid groups (broad SMARTS) is 1. The van der Waals surface area contributed by atoms with Gasteiger partial charge in [0.05, 0.1) is 6.42 Å². The molecule has 4 nitrogen and oxygen atoms in total. The third kappa shape index (κ3) is 3.31. The molecule has 1 aliphatic rings. The Balaban J connectivity index is 1.96. The van der Waals surface area contributed by atoms with Gasteiger partial charge in [-0.05, 0) is 18.4 Å². The summed E-state index contributed by atoms with van der Waals surface area (Å²) in [6, 6.07) is 3.74. The van der Waals surface area contributed by atoms with Crippen LogP contribution in [0.25, 0.3) is 0 Å². The predicted octanol–water partition coefficient (Wildman–Crippen LogP) is 1.83. The summed E-state index contributed by atoms with van der Waals surface area (Å²) in [7, 11) is 0. The Morgan fingerprint density at radius 2 is 2.10 bits per heavy atom. The topological polar surface area (TPSA) is 57.6 Å². The van der Waals surface area contributed by atoms with Crippen LogP contribution in [0, 0.1) is 17.6 Å². The first-order chi connectivity index (χ1) is 9.47. The van der Waals surface area contributed by atoms with E-state index in [4.69, 9.17) is 5.11 Å². The van der Waals surface area contributed by atoms with Gasteiger partial charge in [-0.3, -0.25) is 9.59 Å². The molecule has 1 unspecified atom stereocenters. The van der Waals surface area contributed by atoms with E-state index in [1.165, 1.54) is 17.0 Å². The van der Waals surface area contributed by atoms with E-state index in [2.05, 4.69) is 0 Å². The number of hydrogen-bond donors (Lipinski definition) is 1. The van der Waals surface area contributed by atoms with Crippen molar-refractivity contribution in [1.29, 1.82) is 0 Å². The third-order valence-electron chi connectivity index (χ3n) is 3.48. The molecule has 1 aliphatic heterocycles. The summed E-state index contributed by atoms with van der Waals surface area (Å²) >= 11 is 0. The van der Waals surface area contributed by atoms with E-state index in [1.807, 2.05) is 0 Å². The van der Waals surface area contributed by atoms with Crippen LogP contribution in [0.5, 0.6) is 0 Å².